The summed E-state index contributed by atoms with van der Waals surface area (Å²) < 4.78 is 16.8. The molecule has 6 nitrogen and oxygen atoms in total. The lowest BCUT2D eigenvalue weighted by atomic mass is 10.0. The summed E-state index contributed by atoms with van der Waals surface area (Å²) in [6.07, 6.45) is 64.3. The third-order valence-electron chi connectivity index (χ3n) is 12.6. The first kappa shape index (κ1) is 62.6. The molecular weight excluding hydrogens is 805 g/mol. The molecule has 380 valence electrons. The molecule has 0 spiro atoms. The molecule has 0 aliphatic carbocycles. The van der Waals surface area contributed by atoms with Crippen molar-refractivity contribution in [1.82, 2.24) is 0 Å². The van der Waals surface area contributed by atoms with Crippen molar-refractivity contribution < 1.29 is 28.6 Å². The maximum absolute atomic E-state index is 12.8. The molecule has 1 unspecified atom stereocenters. The summed E-state index contributed by atoms with van der Waals surface area (Å²) in [6, 6.07) is 0. The van der Waals surface area contributed by atoms with E-state index in [0.29, 0.717) is 19.3 Å². The lowest BCUT2D eigenvalue weighted by Gasteiger charge is -2.18. The van der Waals surface area contributed by atoms with Gasteiger partial charge in [-0.2, -0.15) is 0 Å². The smallest absolute Gasteiger partial charge is 0.306 e. The van der Waals surface area contributed by atoms with E-state index in [1.165, 1.54) is 186 Å². The number of esters is 3. The highest BCUT2D eigenvalue weighted by Crippen LogP contribution is 2.16. The average Bonchev–Trinajstić information content (AvgIpc) is 3.30. The Morgan fingerprint density at radius 2 is 0.554 bits per heavy atom. The van der Waals surface area contributed by atoms with Crippen molar-refractivity contribution >= 4 is 17.9 Å². The molecular formula is C59H108O6. The number of ether oxygens (including phenoxy) is 3. The Morgan fingerprint density at radius 3 is 0.862 bits per heavy atom. The normalized spacial score (nSPS) is 12.2. The molecule has 1 atom stereocenters. The van der Waals surface area contributed by atoms with Crippen molar-refractivity contribution in [3.8, 4) is 0 Å². The van der Waals surface area contributed by atoms with Crippen LogP contribution in [0.15, 0.2) is 36.5 Å². The highest BCUT2D eigenvalue weighted by atomic mass is 16.6. The zero-order valence-electron chi connectivity index (χ0n) is 43.5. The molecule has 0 saturated heterocycles. The van der Waals surface area contributed by atoms with Crippen LogP contribution in [0, 0.1) is 0 Å². The molecule has 0 aliphatic rings. The third-order valence-corrected chi connectivity index (χ3v) is 12.6. The molecule has 0 aliphatic heterocycles. The van der Waals surface area contributed by atoms with Gasteiger partial charge in [0.25, 0.3) is 0 Å². The number of carbonyl (C=O) groups excluding carboxylic acids is 3. The van der Waals surface area contributed by atoms with Gasteiger partial charge in [0.1, 0.15) is 13.2 Å². The number of unbranched alkanes of at least 4 members (excludes halogenated alkanes) is 35. The summed E-state index contributed by atoms with van der Waals surface area (Å²) >= 11 is 0. The van der Waals surface area contributed by atoms with E-state index in [1.807, 2.05) is 0 Å². The minimum atomic E-state index is -0.769. The number of allylic oxidation sites excluding steroid dienone is 6. The van der Waals surface area contributed by atoms with Crippen LogP contribution >= 0.6 is 0 Å². The van der Waals surface area contributed by atoms with Crippen molar-refractivity contribution in [2.75, 3.05) is 13.2 Å². The van der Waals surface area contributed by atoms with Gasteiger partial charge in [0.2, 0.25) is 0 Å². The fourth-order valence-corrected chi connectivity index (χ4v) is 8.33. The van der Waals surface area contributed by atoms with E-state index in [0.717, 1.165) is 77.0 Å². The summed E-state index contributed by atoms with van der Waals surface area (Å²) in [5, 5.41) is 0. The third kappa shape index (κ3) is 52.5. The van der Waals surface area contributed by atoms with Crippen LogP contribution in [0.4, 0.5) is 0 Å². The second-order valence-electron chi connectivity index (χ2n) is 19.2. The van der Waals surface area contributed by atoms with Crippen LogP contribution in [0.2, 0.25) is 0 Å². The fraction of sp³-hybridized carbons (Fsp3) is 0.847. The zero-order valence-corrected chi connectivity index (χ0v) is 43.5. The van der Waals surface area contributed by atoms with Crippen molar-refractivity contribution in [3.05, 3.63) is 36.5 Å². The highest BCUT2D eigenvalue weighted by Gasteiger charge is 2.19. The van der Waals surface area contributed by atoms with Gasteiger partial charge in [-0.15, -0.1) is 0 Å². The van der Waals surface area contributed by atoms with E-state index in [9.17, 15) is 14.4 Å². The van der Waals surface area contributed by atoms with Crippen LogP contribution in [0.5, 0.6) is 0 Å². The summed E-state index contributed by atoms with van der Waals surface area (Å²) in [4.78, 5) is 38.0. The highest BCUT2D eigenvalue weighted by molar-refractivity contribution is 5.71. The van der Waals surface area contributed by atoms with Crippen LogP contribution in [-0.4, -0.2) is 37.2 Å². The second kappa shape index (κ2) is 54.2. The molecule has 0 aromatic carbocycles. The molecule has 65 heavy (non-hydrogen) atoms. The molecule has 0 rings (SSSR count). The van der Waals surface area contributed by atoms with Crippen LogP contribution < -0.4 is 0 Å². The molecule has 6 heteroatoms. The van der Waals surface area contributed by atoms with E-state index < -0.39 is 6.10 Å². The van der Waals surface area contributed by atoms with E-state index in [2.05, 4.69) is 57.2 Å². The quantitative estimate of drug-likeness (QED) is 0.0262. The van der Waals surface area contributed by atoms with Gasteiger partial charge in [-0.1, -0.05) is 263 Å². The summed E-state index contributed by atoms with van der Waals surface area (Å²) in [5.41, 5.74) is 0. The van der Waals surface area contributed by atoms with E-state index in [4.69, 9.17) is 14.2 Å². The van der Waals surface area contributed by atoms with Crippen LogP contribution in [-0.2, 0) is 28.6 Å². The number of hydrogen-bond acceptors (Lipinski definition) is 6. The Balaban J connectivity index is 4.21. The molecule has 0 radical (unpaired) electrons. The van der Waals surface area contributed by atoms with E-state index >= 15 is 0 Å². The first-order chi connectivity index (χ1) is 32.0. The Bertz CT molecular complexity index is 1090. The monoisotopic (exact) mass is 913 g/mol. The number of rotatable bonds is 52. The van der Waals surface area contributed by atoms with Gasteiger partial charge in [-0.3, -0.25) is 14.4 Å². The summed E-state index contributed by atoms with van der Waals surface area (Å²) in [7, 11) is 0. The van der Waals surface area contributed by atoms with Crippen molar-refractivity contribution in [3.63, 3.8) is 0 Å². The standard InChI is InChI=1S/C59H108O6/c1-4-7-10-13-16-19-21-23-25-27-28-29-30-31-32-33-35-36-38-40-43-46-49-52-58(61)64-55-56(54-63-57(60)51-48-45-42-18-15-12-9-6-3)65-59(62)53-50-47-44-41-39-37-34-26-24-22-20-17-14-11-8-5-2/h21,23,27-28,30-31,56H,4-20,22,24-26,29,32-55H2,1-3H3/b23-21-,28-27-,31-30-. The zero-order chi connectivity index (χ0) is 47.2. The largest absolute Gasteiger partial charge is 0.462 e. The molecule has 0 amide bonds. The molecule has 0 aromatic rings. The fourth-order valence-electron chi connectivity index (χ4n) is 8.33. The molecule has 0 aromatic heterocycles. The van der Waals surface area contributed by atoms with Crippen LogP contribution in [0.25, 0.3) is 0 Å². The Kier molecular flexibility index (Phi) is 52.3. The molecule has 0 N–H and O–H groups in total. The molecule has 0 fully saturated rings. The Morgan fingerprint density at radius 1 is 0.308 bits per heavy atom. The van der Waals surface area contributed by atoms with Crippen molar-refractivity contribution in [1.29, 1.82) is 0 Å². The van der Waals surface area contributed by atoms with Gasteiger partial charge in [-0.25, -0.2) is 0 Å². The van der Waals surface area contributed by atoms with E-state index in [1.54, 1.807) is 0 Å². The van der Waals surface area contributed by atoms with Crippen LogP contribution in [0.3, 0.4) is 0 Å². The number of carbonyl (C=O) groups is 3. The van der Waals surface area contributed by atoms with Crippen LogP contribution in [0.1, 0.15) is 303 Å². The van der Waals surface area contributed by atoms with Crippen molar-refractivity contribution in [2.45, 2.75) is 309 Å². The van der Waals surface area contributed by atoms with Gasteiger partial charge in [0.05, 0.1) is 0 Å². The van der Waals surface area contributed by atoms with Gasteiger partial charge in [-0.05, 0) is 57.8 Å². The second-order valence-corrected chi connectivity index (χ2v) is 19.2. The Labute approximate surface area is 404 Å². The maximum atomic E-state index is 12.8. The first-order valence-electron chi connectivity index (χ1n) is 28.5. The molecule has 0 heterocycles. The first-order valence-corrected chi connectivity index (χ1v) is 28.5. The lowest BCUT2D eigenvalue weighted by molar-refractivity contribution is -0.167. The average molecular weight is 914 g/mol. The maximum Gasteiger partial charge on any atom is 0.306 e. The molecule has 0 saturated carbocycles. The summed E-state index contributed by atoms with van der Waals surface area (Å²) in [5.74, 6) is -0.867. The van der Waals surface area contributed by atoms with Gasteiger partial charge >= 0.3 is 17.9 Å². The summed E-state index contributed by atoms with van der Waals surface area (Å²) in [6.45, 7) is 6.63. The van der Waals surface area contributed by atoms with Crippen molar-refractivity contribution in [2.24, 2.45) is 0 Å². The molecule has 0 bridgehead atoms. The number of hydrogen-bond donors (Lipinski definition) is 0. The van der Waals surface area contributed by atoms with E-state index in [-0.39, 0.29) is 31.1 Å². The minimum absolute atomic E-state index is 0.0705. The topological polar surface area (TPSA) is 78.9 Å². The predicted octanol–water partition coefficient (Wildman–Crippen LogP) is 18.9. The van der Waals surface area contributed by atoms with Gasteiger partial charge < -0.3 is 14.2 Å². The van der Waals surface area contributed by atoms with Gasteiger partial charge in [0, 0.05) is 19.3 Å². The lowest BCUT2D eigenvalue weighted by Crippen LogP contribution is -2.30. The SMILES string of the molecule is CCCCCCC/C=C\C/C=C\C/C=C\CCCCCCCCCCC(=O)OCC(COC(=O)CCCCCCCCCC)OC(=O)CCCCCCCCCCCCCCCCCC. The Hall–Kier alpha value is -2.37. The minimum Gasteiger partial charge on any atom is -0.462 e. The predicted molar refractivity (Wildman–Crippen MR) is 279 cm³/mol. The van der Waals surface area contributed by atoms with Gasteiger partial charge in [0.15, 0.2) is 6.10 Å².